The Kier molecular flexibility index (Phi) is 2.48. The Bertz CT molecular complexity index is 529. The van der Waals surface area contributed by atoms with Gasteiger partial charge in [0, 0.05) is 5.56 Å². The zero-order valence-corrected chi connectivity index (χ0v) is 8.53. The topological polar surface area (TPSA) is 50.4 Å². The van der Waals surface area contributed by atoms with E-state index in [1.54, 1.807) is 19.1 Å². The van der Waals surface area contributed by atoms with Gasteiger partial charge in [0.1, 0.15) is 17.1 Å². The van der Waals surface area contributed by atoms with Crippen molar-refractivity contribution in [2.75, 3.05) is 0 Å². The molecule has 0 unspecified atom stereocenters. The third-order valence-electron chi connectivity index (χ3n) is 2.34. The van der Waals surface area contributed by atoms with Gasteiger partial charge >= 0.3 is 5.97 Å². The number of carboxylic acids is 1. The van der Waals surface area contributed by atoms with Crippen LogP contribution in [0, 0.1) is 12.7 Å². The zero-order chi connectivity index (χ0) is 11.7. The lowest BCUT2D eigenvalue weighted by Gasteiger charge is -2.07. The maximum absolute atomic E-state index is 13.5. The normalized spacial score (nSPS) is 10.4. The summed E-state index contributed by atoms with van der Waals surface area (Å²) in [4.78, 5) is 11.0. The van der Waals surface area contributed by atoms with Gasteiger partial charge in [0.05, 0.1) is 6.26 Å². The van der Waals surface area contributed by atoms with Gasteiger partial charge in [-0.2, -0.15) is 0 Å². The molecular formula is C12H9FO3. The third kappa shape index (κ3) is 1.58. The van der Waals surface area contributed by atoms with E-state index < -0.39 is 11.8 Å². The summed E-state index contributed by atoms with van der Waals surface area (Å²) in [6, 6.07) is 5.91. The molecule has 0 saturated carbocycles. The predicted molar refractivity (Wildman–Crippen MR) is 55.8 cm³/mol. The van der Waals surface area contributed by atoms with Crippen molar-refractivity contribution in [3.05, 3.63) is 47.5 Å². The summed E-state index contributed by atoms with van der Waals surface area (Å²) in [5.41, 5.74) is 0.598. The molecule has 4 heteroatoms. The molecule has 1 aromatic heterocycles. The van der Waals surface area contributed by atoms with E-state index in [9.17, 15) is 9.18 Å². The summed E-state index contributed by atoms with van der Waals surface area (Å²) < 4.78 is 18.6. The maximum Gasteiger partial charge on any atom is 0.339 e. The monoisotopic (exact) mass is 220 g/mol. The van der Waals surface area contributed by atoms with Crippen molar-refractivity contribution in [1.29, 1.82) is 0 Å². The lowest BCUT2D eigenvalue weighted by Crippen LogP contribution is -2.04. The Balaban J connectivity index is 2.76. The second kappa shape index (κ2) is 3.81. The molecule has 2 rings (SSSR count). The molecular weight excluding hydrogens is 211 g/mol. The molecule has 2 aromatic rings. The van der Waals surface area contributed by atoms with E-state index in [1.807, 2.05) is 0 Å². The first-order chi connectivity index (χ1) is 7.61. The SMILES string of the molecule is Cc1ccc(F)c(C(=O)O)c1-c1ccco1. The standard InChI is InChI=1S/C12H9FO3/c1-7-4-5-8(13)11(12(14)15)10(7)9-3-2-6-16-9/h2-6H,1H3,(H,14,15). The predicted octanol–water partition coefficient (Wildman–Crippen LogP) is 3.09. The van der Waals surface area contributed by atoms with Crippen LogP contribution in [0.1, 0.15) is 15.9 Å². The number of furan rings is 1. The highest BCUT2D eigenvalue weighted by molar-refractivity contribution is 5.96. The lowest BCUT2D eigenvalue weighted by molar-refractivity contribution is 0.0692. The fourth-order valence-corrected chi connectivity index (χ4v) is 1.63. The number of hydrogen-bond acceptors (Lipinski definition) is 2. The van der Waals surface area contributed by atoms with E-state index in [-0.39, 0.29) is 11.1 Å². The fourth-order valence-electron chi connectivity index (χ4n) is 1.63. The van der Waals surface area contributed by atoms with Crippen molar-refractivity contribution >= 4 is 5.97 Å². The van der Waals surface area contributed by atoms with E-state index in [4.69, 9.17) is 9.52 Å². The molecule has 0 aliphatic carbocycles. The first kappa shape index (κ1) is 10.4. The summed E-state index contributed by atoms with van der Waals surface area (Å²) in [6.07, 6.45) is 1.42. The minimum Gasteiger partial charge on any atom is -0.478 e. The van der Waals surface area contributed by atoms with Crippen LogP contribution in [0.4, 0.5) is 4.39 Å². The van der Waals surface area contributed by atoms with Crippen molar-refractivity contribution in [3.63, 3.8) is 0 Å². The quantitative estimate of drug-likeness (QED) is 0.845. The molecule has 0 spiro atoms. The van der Waals surface area contributed by atoms with Crippen LogP contribution in [0.5, 0.6) is 0 Å². The van der Waals surface area contributed by atoms with Gasteiger partial charge in [-0.3, -0.25) is 0 Å². The van der Waals surface area contributed by atoms with E-state index in [1.165, 1.54) is 12.3 Å². The van der Waals surface area contributed by atoms with E-state index in [0.717, 1.165) is 6.07 Å². The minimum atomic E-state index is -1.30. The second-order valence-corrected chi connectivity index (χ2v) is 3.40. The summed E-state index contributed by atoms with van der Waals surface area (Å²) in [5.74, 6) is -1.70. The minimum absolute atomic E-state index is 0.289. The maximum atomic E-state index is 13.5. The van der Waals surface area contributed by atoms with Gasteiger partial charge in [0.2, 0.25) is 0 Å². The molecule has 0 saturated heterocycles. The van der Waals surface area contributed by atoms with E-state index in [0.29, 0.717) is 11.3 Å². The van der Waals surface area contributed by atoms with Crippen LogP contribution in [-0.2, 0) is 0 Å². The van der Waals surface area contributed by atoms with Crippen LogP contribution >= 0.6 is 0 Å². The van der Waals surface area contributed by atoms with Gasteiger partial charge in [-0.25, -0.2) is 9.18 Å². The largest absolute Gasteiger partial charge is 0.478 e. The molecule has 0 bridgehead atoms. The van der Waals surface area contributed by atoms with Crippen molar-refractivity contribution in [2.24, 2.45) is 0 Å². The van der Waals surface area contributed by atoms with Crippen molar-refractivity contribution in [1.82, 2.24) is 0 Å². The number of aryl methyl sites for hydroxylation is 1. The Morgan fingerprint density at radius 3 is 2.69 bits per heavy atom. The number of carbonyl (C=O) groups is 1. The molecule has 0 amide bonds. The van der Waals surface area contributed by atoms with Crippen molar-refractivity contribution < 1.29 is 18.7 Å². The van der Waals surface area contributed by atoms with Crippen LogP contribution < -0.4 is 0 Å². The first-order valence-corrected chi connectivity index (χ1v) is 4.67. The van der Waals surface area contributed by atoms with Gasteiger partial charge < -0.3 is 9.52 Å². The average molecular weight is 220 g/mol. The summed E-state index contributed by atoms with van der Waals surface area (Å²) >= 11 is 0. The summed E-state index contributed by atoms with van der Waals surface area (Å²) in [6.45, 7) is 1.71. The van der Waals surface area contributed by atoms with Gasteiger partial charge in [0.15, 0.2) is 0 Å². The molecule has 1 heterocycles. The van der Waals surface area contributed by atoms with E-state index >= 15 is 0 Å². The van der Waals surface area contributed by atoms with Crippen LogP contribution in [0.25, 0.3) is 11.3 Å². The molecule has 3 nitrogen and oxygen atoms in total. The second-order valence-electron chi connectivity index (χ2n) is 3.40. The van der Waals surface area contributed by atoms with E-state index in [2.05, 4.69) is 0 Å². The average Bonchev–Trinajstić information content (AvgIpc) is 2.73. The lowest BCUT2D eigenvalue weighted by atomic mass is 9.99. The number of hydrogen-bond donors (Lipinski definition) is 1. The van der Waals surface area contributed by atoms with Crippen LogP contribution in [0.15, 0.2) is 34.9 Å². The molecule has 0 atom stereocenters. The number of carboxylic acid groups (broad SMARTS) is 1. The highest BCUT2D eigenvalue weighted by Crippen LogP contribution is 2.29. The molecule has 1 aromatic carbocycles. The summed E-state index contributed by atoms with van der Waals surface area (Å²) in [5, 5.41) is 8.99. The molecule has 0 aliphatic rings. The molecule has 0 aliphatic heterocycles. The van der Waals surface area contributed by atoms with Gasteiger partial charge in [0.25, 0.3) is 0 Å². The number of aromatic carboxylic acids is 1. The Morgan fingerprint density at radius 2 is 2.12 bits per heavy atom. The van der Waals surface area contributed by atoms with Crippen molar-refractivity contribution in [3.8, 4) is 11.3 Å². The van der Waals surface area contributed by atoms with Gasteiger partial charge in [-0.05, 0) is 30.7 Å². The Morgan fingerprint density at radius 1 is 1.38 bits per heavy atom. The fraction of sp³-hybridized carbons (Fsp3) is 0.0833. The summed E-state index contributed by atoms with van der Waals surface area (Å²) in [7, 11) is 0. The van der Waals surface area contributed by atoms with Crippen LogP contribution in [0.2, 0.25) is 0 Å². The number of rotatable bonds is 2. The van der Waals surface area contributed by atoms with Gasteiger partial charge in [-0.1, -0.05) is 6.07 Å². The first-order valence-electron chi connectivity index (χ1n) is 4.67. The Hall–Kier alpha value is -2.10. The van der Waals surface area contributed by atoms with Crippen LogP contribution in [-0.4, -0.2) is 11.1 Å². The number of halogens is 1. The Labute approximate surface area is 91.1 Å². The number of benzene rings is 1. The van der Waals surface area contributed by atoms with Crippen LogP contribution in [0.3, 0.4) is 0 Å². The molecule has 16 heavy (non-hydrogen) atoms. The van der Waals surface area contributed by atoms with Crippen molar-refractivity contribution in [2.45, 2.75) is 6.92 Å². The zero-order valence-electron chi connectivity index (χ0n) is 8.53. The highest BCUT2D eigenvalue weighted by Gasteiger charge is 2.20. The molecule has 0 fully saturated rings. The molecule has 82 valence electrons. The highest BCUT2D eigenvalue weighted by atomic mass is 19.1. The third-order valence-corrected chi connectivity index (χ3v) is 2.34. The molecule has 0 radical (unpaired) electrons. The van der Waals surface area contributed by atoms with Gasteiger partial charge in [-0.15, -0.1) is 0 Å². The smallest absolute Gasteiger partial charge is 0.339 e. The molecule has 1 N–H and O–H groups in total.